The normalized spacial score (nSPS) is 18.3. The Morgan fingerprint density at radius 1 is 1.33 bits per heavy atom. The van der Waals surface area contributed by atoms with Crippen molar-refractivity contribution in [1.29, 1.82) is 0 Å². The van der Waals surface area contributed by atoms with Crippen LogP contribution in [0.3, 0.4) is 0 Å². The smallest absolute Gasteiger partial charge is 0.126 e. The van der Waals surface area contributed by atoms with Crippen LogP contribution in [0.5, 0.6) is 0 Å². The summed E-state index contributed by atoms with van der Waals surface area (Å²) in [7, 11) is 4.22. The van der Waals surface area contributed by atoms with Crippen LogP contribution in [0.4, 0.5) is 10.1 Å². The summed E-state index contributed by atoms with van der Waals surface area (Å²) in [5.41, 5.74) is 2.33. The zero-order valence-corrected chi connectivity index (χ0v) is 13.6. The topological polar surface area (TPSA) is 26.7 Å². The van der Waals surface area contributed by atoms with Gasteiger partial charge in [0, 0.05) is 30.9 Å². The van der Waals surface area contributed by atoms with E-state index in [2.05, 4.69) is 23.9 Å². The molecule has 21 heavy (non-hydrogen) atoms. The van der Waals surface area contributed by atoms with Crippen molar-refractivity contribution in [1.82, 2.24) is 4.90 Å². The molecular formula is C17H27FN2O. The van der Waals surface area contributed by atoms with Crippen LogP contribution in [0.2, 0.25) is 0 Å². The van der Waals surface area contributed by atoms with Crippen LogP contribution >= 0.6 is 0 Å². The summed E-state index contributed by atoms with van der Waals surface area (Å²) in [5, 5.41) is 9.92. The van der Waals surface area contributed by atoms with Crippen LogP contribution in [0, 0.1) is 18.7 Å². The van der Waals surface area contributed by atoms with E-state index in [-0.39, 0.29) is 5.82 Å². The molecule has 0 aromatic heterocycles. The van der Waals surface area contributed by atoms with Gasteiger partial charge in [0.1, 0.15) is 5.82 Å². The number of hydrogen-bond donors (Lipinski definition) is 1. The van der Waals surface area contributed by atoms with Gasteiger partial charge >= 0.3 is 0 Å². The Morgan fingerprint density at radius 2 is 1.95 bits per heavy atom. The highest BCUT2D eigenvalue weighted by Crippen LogP contribution is 2.32. The standard InChI is InChI=1S/C17H27FN2O/c1-12-9-17(15(13(2)21)10-16(12)18)20-7-5-14(6-8-20)11-19(3)4/h9-10,13-14,21H,5-8,11H2,1-4H3/t13-/m0/s1. The quantitative estimate of drug-likeness (QED) is 0.925. The van der Waals surface area contributed by atoms with Gasteiger partial charge < -0.3 is 14.9 Å². The van der Waals surface area contributed by atoms with Crippen molar-refractivity contribution in [3.8, 4) is 0 Å². The van der Waals surface area contributed by atoms with Crippen LogP contribution in [0.25, 0.3) is 0 Å². The maximum atomic E-state index is 13.8. The fourth-order valence-electron chi connectivity index (χ4n) is 3.16. The number of aliphatic hydroxyl groups excluding tert-OH is 1. The van der Waals surface area contributed by atoms with Crippen molar-refractivity contribution in [2.75, 3.05) is 38.6 Å². The van der Waals surface area contributed by atoms with Gasteiger partial charge in [0.25, 0.3) is 0 Å². The second-order valence-corrected chi connectivity index (χ2v) is 6.53. The molecule has 0 saturated carbocycles. The lowest BCUT2D eigenvalue weighted by atomic mass is 9.94. The number of benzene rings is 1. The molecule has 1 atom stereocenters. The van der Waals surface area contributed by atoms with E-state index in [9.17, 15) is 9.50 Å². The van der Waals surface area contributed by atoms with Crippen LogP contribution in [0.1, 0.15) is 37.0 Å². The van der Waals surface area contributed by atoms with Crippen LogP contribution < -0.4 is 4.90 Å². The first kappa shape index (κ1) is 16.2. The van der Waals surface area contributed by atoms with Crippen molar-refractivity contribution in [3.05, 3.63) is 29.1 Å². The molecule has 2 rings (SSSR count). The van der Waals surface area contributed by atoms with Gasteiger partial charge in [-0.05, 0) is 64.4 Å². The lowest BCUT2D eigenvalue weighted by Crippen LogP contribution is -2.37. The second kappa shape index (κ2) is 6.75. The monoisotopic (exact) mass is 294 g/mol. The molecule has 118 valence electrons. The molecule has 1 aromatic carbocycles. The van der Waals surface area contributed by atoms with E-state index in [1.54, 1.807) is 13.8 Å². The van der Waals surface area contributed by atoms with Crippen molar-refractivity contribution in [2.45, 2.75) is 32.8 Å². The Hall–Kier alpha value is -1.13. The van der Waals surface area contributed by atoms with Crippen LogP contribution in [0.15, 0.2) is 12.1 Å². The molecule has 0 aliphatic carbocycles. The van der Waals surface area contributed by atoms with Gasteiger partial charge in [-0.25, -0.2) is 4.39 Å². The van der Waals surface area contributed by atoms with Gasteiger partial charge in [-0.3, -0.25) is 0 Å². The molecule has 1 aliphatic heterocycles. The van der Waals surface area contributed by atoms with E-state index < -0.39 is 6.10 Å². The van der Waals surface area contributed by atoms with Gasteiger partial charge in [-0.15, -0.1) is 0 Å². The Balaban J connectivity index is 2.14. The SMILES string of the molecule is Cc1cc(N2CCC(CN(C)C)CC2)c([C@H](C)O)cc1F. The molecule has 0 radical (unpaired) electrons. The maximum absolute atomic E-state index is 13.8. The van der Waals surface area contributed by atoms with Gasteiger partial charge in [-0.2, -0.15) is 0 Å². The number of aliphatic hydroxyl groups is 1. The summed E-state index contributed by atoms with van der Waals surface area (Å²) in [6, 6.07) is 3.37. The predicted molar refractivity (Wildman–Crippen MR) is 85.3 cm³/mol. The van der Waals surface area contributed by atoms with E-state index in [1.165, 1.54) is 6.07 Å². The minimum Gasteiger partial charge on any atom is -0.389 e. The third-order valence-corrected chi connectivity index (χ3v) is 4.34. The lowest BCUT2D eigenvalue weighted by molar-refractivity contribution is 0.198. The van der Waals surface area contributed by atoms with E-state index in [1.807, 2.05) is 6.07 Å². The van der Waals surface area contributed by atoms with Crippen molar-refractivity contribution >= 4 is 5.69 Å². The number of rotatable bonds is 4. The summed E-state index contributed by atoms with van der Waals surface area (Å²) in [4.78, 5) is 4.53. The minimum atomic E-state index is -0.644. The fraction of sp³-hybridized carbons (Fsp3) is 0.647. The molecule has 1 N–H and O–H groups in total. The molecule has 0 unspecified atom stereocenters. The highest BCUT2D eigenvalue weighted by atomic mass is 19.1. The number of anilines is 1. The second-order valence-electron chi connectivity index (χ2n) is 6.53. The molecule has 4 heteroatoms. The Kier molecular flexibility index (Phi) is 5.22. The lowest BCUT2D eigenvalue weighted by Gasteiger charge is -2.36. The number of piperidine rings is 1. The highest BCUT2D eigenvalue weighted by molar-refractivity contribution is 5.57. The number of nitrogens with zero attached hydrogens (tertiary/aromatic N) is 2. The maximum Gasteiger partial charge on any atom is 0.126 e. The zero-order chi connectivity index (χ0) is 15.6. The molecule has 0 amide bonds. The van der Waals surface area contributed by atoms with Gasteiger partial charge in [-0.1, -0.05) is 0 Å². The summed E-state index contributed by atoms with van der Waals surface area (Å²) in [6.07, 6.45) is 1.65. The zero-order valence-electron chi connectivity index (χ0n) is 13.6. The minimum absolute atomic E-state index is 0.239. The molecular weight excluding hydrogens is 267 g/mol. The first-order chi connectivity index (χ1) is 9.88. The molecule has 1 saturated heterocycles. The van der Waals surface area contributed by atoms with Crippen LogP contribution in [-0.2, 0) is 0 Å². The van der Waals surface area contributed by atoms with Gasteiger partial charge in [0.15, 0.2) is 0 Å². The molecule has 1 heterocycles. The van der Waals surface area contributed by atoms with Gasteiger partial charge in [0.2, 0.25) is 0 Å². The Morgan fingerprint density at radius 3 is 2.48 bits per heavy atom. The first-order valence-electron chi connectivity index (χ1n) is 7.76. The van der Waals surface area contributed by atoms with Crippen molar-refractivity contribution in [3.63, 3.8) is 0 Å². The van der Waals surface area contributed by atoms with E-state index >= 15 is 0 Å². The summed E-state index contributed by atoms with van der Waals surface area (Å²) in [6.45, 7) is 6.56. The van der Waals surface area contributed by atoms with Gasteiger partial charge in [0.05, 0.1) is 6.10 Å². The number of aryl methyl sites for hydroxylation is 1. The summed E-state index contributed by atoms with van der Waals surface area (Å²) >= 11 is 0. The van der Waals surface area contributed by atoms with Crippen molar-refractivity contribution < 1.29 is 9.50 Å². The summed E-state index contributed by atoms with van der Waals surface area (Å²) < 4.78 is 13.8. The van der Waals surface area contributed by atoms with Crippen LogP contribution in [-0.4, -0.2) is 43.7 Å². The molecule has 1 fully saturated rings. The third-order valence-electron chi connectivity index (χ3n) is 4.34. The first-order valence-corrected chi connectivity index (χ1v) is 7.76. The number of halogens is 1. The summed E-state index contributed by atoms with van der Waals surface area (Å²) in [5.74, 6) is 0.491. The number of hydrogen-bond acceptors (Lipinski definition) is 3. The average molecular weight is 294 g/mol. The Labute approximate surface area is 127 Å². The molecule has 3 nitrogen and oxygen atoms in total. The average Bonchev–Trinajstić information content (AvgIpc) is 2.41. The third kappa shape index (κ3) is 3.95. The van der Waals surface area contributed by atoms with E-state index in [4.69, 9.17) is 0 Å². The highest BCUT2D eigenvalue weighted by Gasteiger charge is 2.23. The molecule has 0 bridgehead atoms. The largest absolute Gasteiger partial charge is 0.389 e. The Bertz CT molecular complexity index is 480. The van der Waals surface area contributed by atoms with E-state index in [0.717, 1.165) is 44.1 Å². The fourth-order valence-corrected chi connectivity index (χ4v) is 3.16. The molecule has 1 aromatic rings. The van der Waals surface area contributed by atoms with E-state index in [0.29, 0.717) is 11.1 Å². The molecule has 0 spiro atoms. The predicted octanol–water partition coefficient (Wildman–Crippen LogP) is 2.97. The van der Waals surface area contributed by atoms with Crippen molar-refractivity contribution in [2.24, 2.45) is 5.92 Å². The molecule has 1 aliphatic rings.